The van der Waals surface area contributed by atoms with Gasteiger partial charge in [-0.2, -0.15) is 0 Å². The SMILES string of the molecule is CC1(C=O)CCN(CC(F)F)CC1.CN.COc1ccc2c(CN3CCCC(F)C3)ccnc2c1-c1cccc2c(CCC(=O)O)cccc12. The summed E-state index contributed by atoms with van der Waals surface area (Å²) in [5, 5.41) is 12.3. The number of halogens is 3. The molecule has 4 aromatic rings. The molecule has 50 heavy (non-hydrogen) atoms. The number of ether oxygens (including phenoxy) is 1. The van der Waals surface area contributed by atoms with E-state index >= 15 is 0 Å². The van der Waals surface area contributed by atoms with Crippen molar-refractivity contribution in [2.24, 2.45) is 11.1 Å². The number of hydrogen-bond acceptors (Lipinski definition) is 7. The summed E-state index contributed by atoms with van der Waals surface area (Å²) >= 11 is 0. The molecule has 1 aromatic heterocycles. The lowest BCUT2D eigenvalue weighted by atomic mass is 9.82. The van der Waals surface area contributed by atoms with Crippen LogP contribution in [0.2, 0.25) is 0 Å². The van der Waals surface area contributed by atoms with Gasteiger partial charge in [0.2, 0.25) is 0 Å². The van der Waals surface area contributed by atoms with Crippen LogP contribution < -0.4 is 10.5 Å². The molecule has 0 aliphatic carbocycles. The molecule has 0 spiro atoms. The van der Waals surface area contributed by atoms with Gasteiger partial charge in [-0.05, 0) is 104 Å². The molecule has 2 saturated heterocycles. The number of nitrogens with zero attached hydrogens (tertiary/aromatic N) is 3. The highest BCUT2D eigenvalue weighted by Gasteiger charge is 2.30. The number of carbonyl (C=O) groups excluding carboxylic acids is 1. The number of nitrogens with two attached hydrogens (primary N) is 1. The molecular formula is C39H49F3N4O4. The molecule has 0 bridgehead atoms. The summed E-state index contributed by atoms with van der Waals surface area (Å²) in [6.45, 7) is 5.00. The van der Waals surface area contributed by atoms with Crippen LogP contribution in [0.3, 0.4) is 0 Å². The second-order valence-electron chi connectivity index (χ2n) is 13.2. The molecule has 2 fully saturated rings. The minimum Gasteiger partial charge on any atom is -0.496 e. The zero-order valence-corrected chi connectivity index (χ0v) is 29.2. The Morgan fingerprint density at radius 2 is 1.74 bits per heavy atom. The van der Waals surface area contributed by atoms with Gasteiger partial charge in [-0.15, -0.1) is 0 Å². The molecule has 2 aliphatic heterocycles. The van der Waals surface area contributed by atoms with Gasteiger partial charge in [0.05, 0.1) is 24.7 Å². The lowest BCUT2D eigenvalue weighted by Crippen LogP contribution is -2.41. The van der Waals surface area contributed by atoms with Crippen molar-refractivity contribution >= 4 is 33.9 Å². The predicted molar refractivity (Wildman–Crippen MR) is 193 cm³/mol. The Bertz CT molecular complexity index is 1730. The number of aromatic nitrogens is 1. The van der Waals surface area contributed by atoms with E-state index in [1.807, 2.05) is 55.6 Å². The van der Waals surface area contributed by atoms with E-state index < -0.39 is 18.6 Å². The fourth-order valence-electron chi connectivity index (χ4n) is 6.82. The van der Waals surface area contributed by atoms with Crippen LogP contribution in [0.4, 0.5) is 13.2 Å². The van der Waals surface area contributed by atoms with Crippen LogP contribution in [0.25, 0.3) is 32.8 Å². The van der Waals surface area contributed by atoms with Crippen molar-refractivity contribution in [1.29, 1.82) is 0 Å². The number of benzene rings is 3. The molecule has 3 aromatic carbocycles. The standard InChI is InChI=1S/C29H29FN2O3.C9H15F2NO.CH5N/c1-35-26-12-11-23-20(17-32-16-4-6-21(30)18-32)14-15-31-29(23)28(26)25-9-3-7-22-19(10-13-27(33)34)5-2-8-24(22)25;1-9(7-13)2-4-12(5-3-9)6-8(10)11;1-2/h2-3,5,7-9,11-12,14-15,21H,4,6,10,13,16-18H2,1H3,(H,33,34);7-8H,2-6H2,1H3;2H2,1H3. The molecule has 0 amide bonds. The van der Waals surface area contributed by atoms with Crippen LogP contribution in [0.5, 0.6) is 5.75 Å². The van der Waals surface area contributed by atoms with E-state index in [0.717, 1.165) is 68.9 Å². The second-order valence-corrected chi connectivity index (χ2v) is 13.2. The average Bonchev–Trinajstić information content (AvgIpc) is 3.12. The third-order valence-corrected chi connectivity index (χ3v) is 9.60. The van der Waals surface area contributed by atoms with E-state index in [0.29, 0.717) is 51.9 Å². The molecule has 11 heteroatoms. The van der Waals surface area contributed by atoms with Crippen LogP contribution >= 0.6 is 0 Å². The molecule has 6 rings (SSSR count). The number of piperidine rings is 2. The number of fused-ring (bicyclic) bond motifs is 2. The summed E-state index contributed by atoms with van der Waals surface area (Å²) in [4.78, 5) is 30.5. The summed E-state index contributed by atoms with van der Waals surface area (Å²) < 4.78 is 43.8. The third kappa shape index (κ3) is 9.80. The van der Waals surface area contributed by atoms with Crippen molar-refractivity contribution < 1.29 is 32.6 Å². The topological polar surface area (TPSA) is 109 Å². The van der Waals surface area contributed by atoms with Gasteiger partial charge in [0.25, 0.3) is 6.43 Å². The van der Waals surface area contributed by atoms with Gasteiger partial charge >= 0.3 is 5.97 Å². The van der Waals surface area contributed by atoms with Gasteiger partial charge < -0.3 is 20.4 Å². The number of pyridine rings is 1. The van der Waals surface area contributed by atoms with E-state index in [-0.39, 0.29) is 18.4 Å². The first-order chi connectivity index (χ1) is 24.1. The summed E-state index contributed by atoms with van der Waals surface area (Å²) in [5.74, 6) is -0.0780. The summed E-state index contributed by atoms with van der Waals surface area (Å²) in [5.41, 5.74) is 9.10. The molecule has 270 valence electrons. The van der Waals surface area contributed by atoms with Gasteiger partial charge in [0.15, 0.2) is 0 Å². The minimum atomic E-state index is -2.26. The van der Waals surface area contributed by atoms with Crippen LogP contribution in [-0.2, 0) is 22.6 Å². The quantitative estimate of drug-likeness (QED) is 0.169. The Labute approximate surface area is 292 Å². The van der Waals surface area contributed by atoms with Crippen molar-refractivity contribution in [1.82, 2.24) is 14.8 Å². The van der Waals surface area contributed by atoms with Crippen molar-refractivity contribution in [2.45, 2.75) is 64.6 Å². The maximum Gasteiger partial charge on any atom is 0.303 e. The average molecular weight is 695 g/mol. The van der Waals surface area contributed by atoms with E-state index in [4.69, 9.17) is 9.72 Å². The first-order valence-electron chi connectivity index (χ1n) is 17.2. The van der Waals surface area contributed by atoms with Crippen LogP contribution in [0.1, 0.15) is 50.2 Å². The normalized spacial score (nSPS) is 17.8. The van der Waals surface area contributed by atoms with Gasteiger partial charge in [-0.1, -0.05) is 43.3 Å². The van der Waals surface area contributed by atoms with E-state index in [9.17, 15) is 27.9 Å². The number of methoxy groups -OCH3 is 1. The second kappa shape index (κ2) is 18.3. The molecule has 1 atom stereocenters. The largest absolute Gasteiger partial charge is 0.496 e. The smallest absolute Gasteiger partial charge is 0.303 e. The minimum absolute atomic E-state index is 0.0854. The predicted octanol–water partition coefficient (Wildman–Crippen LogP) is 7.14. The highest BCUT2D eigenvalue weighted by Crippen LogP contribution is 2.41. The highest BCUT2D eigenvalue weighted by atomic mass is 19.3. The van der Waals surface area contributed by atoms with Gasteiger partial charge in [0.1, 0.15) is 18.2 Å². The van der Waals surface area contributed by atoms with Crippen molar-refractivity contribution in [3.8, 4) is 16.9 Å². The van der Waals surface area contributed by atoms with Crippen molar-refractivity contribution in [3.63, 3.8) is 0 Å². The maximum absolute atomic E-state index is 14.0. The lowest BCUT2D eigenvalue weighted by molar-refractivity contribution is -0.137. The molecule has 8 nitrogen and oxygen atoms in total. The lowest BCUT2D eigenvalue weighted by Gasteiger charge is -2.35. The Morgan fingerprint density at radius 3 is 2.40 bits per heavy atom. The number of carboxylic acids is 1. The number of aliphatic carboxylic acids is 1. The number of hydrogen-bond donors (Lipinski definition) is 2. The zero-order chi connectivity index (χ0) is 36.3. The number of carboxylic acid groups (broad SMARTS) is 1. The molecule has 0 saturated carbocycles. The van der Waals surface area contributed by atoms with E-state index in [1.54, 1.807) is 12.0 Å². The van der Waals surface area contributed by atoms with E-state index in [2.05, 4.69) is 22.8 Å². The molecular weight excluding hydrogens is 645 g/mol. The van der Waals surface area contributed by atoms with Gasteiger partial charge in [-0.25, -0.2) is 13.2 Å². The molecule has 0 radical (unpaired) electrons. The first kappa shape index (κ1) is 38.7. The summed E-state index contributed by atoms with van der Waals surface area (Å²) in [6, 6.07) is 18.2. The molecule has 3 N–H and O–H groups in total. The third-order valence-electron chi connectivity index (χ3n) is 9.60. The zero-order valence-electron chi connectivity index (χ0n) is 29.2. The fourth-order valence-corrected chi connectivity index (χ4v) is 6.82. The number of rotatable bonds is 10. The van der Waals surface area contributed by atoms with Gasteiger partial charge in [-0.3, -0.25) is 19.6 Å². The van der Waals surface area contributed by atoms with Crippen LogP contribution in [0, 0.1) is 5.41 Å². The van der Waals surface area contributed by atoms with E-state index in [1.165, 1.54) is 7.05 Å². The number of carbonyl (C=O) groups is 2. The first-order valence-corrected chi connectivity index (χ1v) is 17.2. The Kier molecular flexibility index (Phi) is 14.1. The highest BCUT2D eigenvalue weighted by molar-refractivity contribution is 6.07. The number of alkyl halides is 3. The molecule has 3 heterocycles. The summed E-state index contributed by atoms with van der Waals surface area (Å²) in [7, 11) is 3.16. The van der Waals surface area contributed by atoms with Crippen LogP contribution in [0.15, 0.2) is 60.8 Å². The number of likely N-dealkylation sites (tertiary alicyclic amines) is 2. The Balaban J connectivity index is 0.000000315. The molecule has 1 unspecified atom stereocenters. The van der Waals surface area contributed by atoms with Crippen molar-refractivity contribution in [3.05, 3.63) is 71.9 Å². The number of aldehydes is 1. The van der Waals surface area contributed by atoms with Crippen LogP contribution in [-0.4, -0.2) is 91.6 Å². The fraction of sp³-hybridized carbons (Fsp3) is 0.462. The van der Waals surface area contributed by atoms with Gasteiger partial charge in [0, 0.05) is 36.5 Å². The van der Waals surface area contributed by atoms with Crippen molar-refractivity contribution in [2.75, 3.05) is 46.9 Å². The number of aryl methyl sites for hydroxylation is 1. The summed E-state index contributed by atoms with van der Waals surface area (Å²) in [6.07, 6.45) is 3.21. The molecule has 2 aliphatic rings. The maximum atomic E-state index is 14.0. The Hall–Kier alpha value is -4.06. The monoisotopic (exact) mass is 694 g/mol. The Morgan fingerprint density at radius 1 is 1.02 bits per heavy atom.